The third-order valence-corrected chi connectivity index (χ3v) is 5.83. The lowest BCUT2D eigenvalue weighted by atomic mass is 9.94. The monoisotopic (exact) mass is 503 g/mol. The molecule has 180 valence electrons. The lowest BCUT2D eigenvalue weighted by Crippen LogP contribution is -2.48. The van der Waals surface area contributed by atoms with Crippen LogP contribution in [0.4, 0.5) is 10.5 Å². The van der Waals surface area contributed by atoms with Crippen LogP contribution in [0.5, 0.6) is 0 Å². The molecule has 3 rings (SSSR count). The number of benzene rings is 2. The molecule has 1 atom stereocenters. The minimum absolute atomic E-state index is 0.247. The molecule has 0 fully saturated rings. The summed E-state index contributed by atoms with van der Waals surface area (Å²) >= 11 is 12.0. The number of nitrogens with one attached hydrogen (secondary N) is 2. The first kappa shape index (κ1) is 25.6. The molecule has 1 aliphatic heterocycles. The Kier molecular flexibility index (Phi) is 8.23. The first-order chi connectivity index (χ1) is 16.1. The molecule has 0 saturated heterocycles. The number of amides is 3. The van der Waals surface area contributed by atoms with Crippen LogP contribution in [0.2, 0.25) is 10.0 Å². The van der Waals surface area contributed by atoms with Crippen molar-refractivity contribution in [1.29, 1.82) is 0 Å². The first-order valence-electron chi connectivity index (χ1n) is 11.0. The Morgan fingerprint density at radius 3 is 2.41 bits per heavy atom. The number of urea groups is 1. The van der Waals surface area contributed by atoms with Gasteiger partial charge in [-0.15, -0.1) is 0 Å². The van der Waals surface area contributed by atoms with Crippen molar-refractivity contribution in [3.8, 4) is 0 Å². The predicted octanol–water partition coefficient (Wildman–Crippen LogP) is 5.95. The maximum atomic E-state index is 12.9. The van der Waals surface area contributed by atoms with Gasteiger partial charge >= 0.3 is 12.0 Å². The summed E-state index contributed by atoms with van der Waals surface area (Å²) < 4.78 is 5.46. The lowest BCUT2D eigenvalue weighted by Gasteiger charge is -2.35. The van der Waals surface area contributed by atoms with E-state index in [0.29, 0.717) is 39.7 Å². The van der Waals surface area contributed by atoms with Crippen LogP contribution in [0.25, 0.3) is 0 Å². The summed E-state index contributed by atoms with van der Waals surface area (Å²) in [5.41, 5.74) is 2.45. The standard InChI is InChI=1S/C25H27Cl2N3O4/c1-5-12-30-15(4)21(24(32)34-14(2)3)22(29-25(30)33)16-6-9-18(10-7-16)28-23(31)19-11-8-17(26)13-20(19)27/h6-11,13-14,22H,5,12H2,1-4H3,(H,28,31)(H,29,33). The topological polar surface area (TPSA) is 87.7 Å². The fourth-order valence-electron chi connectivity index (χ4n) is 3.70. The van der Waals surface area contributed by atoms with Gasteiger partial charge in [-0.3, -0.25) is 9.69 Å². The van der Waals surface area contributed by atoms with Crippen molar-refractivity contribution in [2.75, 3.05) is 11.9 Å². The van der Waals surface area contributed by atoms with Gasteiger partial charge in [0.1, 0.15) is 0 Å². The van der Waals surface area contributed by atoms with Crippen molar-refractivity contribution in [2.24, 2.45) is 0 Å². The zero-order chi connectivity index (χ0) is 25.0. The van der Waals surface area contributed by atoms with Crippen molar-refractivity contribution in [2.45, 2.75) is 46.3 Å². The predicted molar refractivity (Wildman–Crippen MR) is 133 cm³/mol. The van der Waals surface area contributed by atoms with Crippen molar-refractivity contribution in [3.63, 3.8) is 0 Å². The number of esters is 1. The van der Waals surface area contributed by atoms with Crippen LogP contribution in [0.1, 0.15) is 56.1 Å². The van der Waals surface area contributed by atoms with Crippen molar-refractivity contribution in [3.05, 3.63) is 74.9 Å². The number of ether oxygens (including phenoxy) is 1. The quantitative estimate of drug-likeness (QED) is 0.457. The van der Waals surface area contributed by atoms with Crippen LogP contribution in [-0.4, -0.2) is 35.5 Å². The fourth-order valence-corrected chi connectivity index (χ4v) is 4.19. The number of carbonyl (C=O) groups is 3. The summed E-state index contributed by atoms with van der Waals surface area (Å²) in [4.78, 5) is 39.8. The van der Waals surface area contributed by atoms with Crippen LogP contribution in [0.3, 0.4) is 0 Å². The van der Waals surface area contributed by atoms with Gasteiger partial charge in [-0.2, -0.15) is 0 Å². The van der Waals surface area contributed by atoms with Crippen molar-refractivity contribution >= 4 is 46.8 Å². The summed E-state index contributed by atoms with van der Waals surface area (Å²) in [5, 5.41) is 6.38. The molecule has 2 aromatic rings. The molecule has 34 heavy (non-hydrogen) atoms. The van der Waals surface area contributed by atoms with Gasteiger partial charge in [0.05, 0.1) is 28.3 Å². The Morgan fingerprint density at radius 2 is 1.82 bits per heavy atom. The smallest absolute Gasteiger partial charge is 0.338 e. The number of allylic oxidation sites excluding steroid dienone is 1. The maximum absolute atomic E-state index is 12.9. The molecule has 0 bridgehead atoms. The number of halogens is 2. The summed E-state index contributed by atoms with van der Waals surface area (Å²) in [6.07, 6.45) is 0.441. The van der Waals surface area contributed by atoms with Crippen molar-refractivity contribution < 1.29 is 19.1 Å². The van der Waals surface area contributed by atoms with Gasteiger partial charge < -0.3 is 15.4 Å². The van der Waals surface area contributed by atoms with Gasteiger partial charge in [0, 0.05) is 23.0 Å². The largest absolute Gasteiger partial charge is 0.459 e. The molecule has 3 amide bonds. The Balaban J connectivity index is 1.88. The molecular formula is C25H27Cl2N3O4. The first-order valence-corrected chi connectivity index (χ1v) is 11.7. The molecule has 0 saturated carbocycles. The van der Waals surface area contributed by atoms with E-state index in [9.17, 15) is 14.4 Å². The van der Waals surface area contributed by atoms with Crippen LogP contribution in [0, 0.1) is 0 Å². The molecule has 1 heterocycles. The average molecular weight is 504 g/mol. The molecule has 1 unspecified atom stereocenters. The van der Waals surface area contributed by atoms with E-state index in [1.807, 2.05) is 6.92 Å². The summed E-state index contributed by atoms with van der Waals surface area (Å²) in [6.45, 7) is 7.75. The van der Waals surface area contributed by atoms with Gasteiger partial charge in [-0.05, 0) is 63.1 Å². The van der Waals surface area contributed by atoms with Crippen molar-refractivity contribution in [1.82, 2.24) is 10.2 Å². The number of hydrogen-bond donors (Lipinski definition) is 2. The highest BCUT2D eigenvalue weighted by atomic mass is 35.5. The van der Waals surface area contributed by atoms with E-state index < -0.39 is 12.0 Å². The average Bonchev–Trinajstić information content (AvgIpc) is 2.76. The van der Waals surface area contributed by atoms with E-state index >= 15 is 0 Å². The minimum atomic E-state index is -0.678. The number of rotatable bonds is 7. The second kappa shape index (κ2) is 10.9. The fraction of sp³-hybridized carbons (Fsp3) is 0.320. The van der Waals surface area contributed by atoms with Gasteiger partial charge in [0.15, 0.2) is 0 Å². The summed E-state index contributed by atoms with van der Waals surface area (Å²) in [7, 11) is 0. The summed E-state index contributed by atoms with van der Waals surface area (Å²) in [6, 6.07) is 10.6. The highest BCUT2D eigenvalue weighted by Crippen LogP contribution is 2.32. The zero-order valence-corrected chi connectivity index (χ0v) is 21.0. The molecule has 2 aromatic carbocycles. The lowest BCUT2D eigenvalue weighted by molar-refractivity contribution is -0.143. The third-order valence-electron chi connectivity index (χ3n) is 5.28. The van der Waals surface area contributed by atoms with E-state index in [1.165, 1.54) is 6.07 Å². The van der Waals surface area contributed by atoms with E-state index in [1.54, 1.807) is 62.1 Å². The molecule has 1 aliphatic rings. The Hall–Kier alpha value is -3.03. The second-order valence-electron chi connectivity index (χ2n) is 8.19. The normalized spacial score (nSPS) is 15.9. The minimum Gasteiger partial charge on any atom is -0.459 e. The molecule has 2 N–H and O–H groups in total. The van der Waals surface area contributed by atoms with Crippen LogP contribution >= 0.6 is 23.2 Å². The number of hydrogen-bond acceptors (Lipinski definition) is 4. The van der Waals surface area contributed by atoms with E-state index in [4.69, 9.17) is 27.9 Å². The zero-order valence-electron chi connectivity index (χ0n) is 19.4. The summed E-state index contributed by atoms with van der Waals surface area (Å²) in [5.74, 6) is -0.860. The van der Waals surface area contributed by atoms with Crippen LogP contribution in [0.15, 0.2) is 53.7 Å². The Bertz CT molecular complexity index is 1130. The molecule has 0 spiro atoms. The Labute approximate surface area is 209 Å². The maximum Gasteiger partial charge on any atom is 0.338 e. The molecule has 7 nitrogen and oxygen atoms in total. The number of anilines is 1. The number of nitrogens with zero attached hydrogens (tertiary/aromatic N) is 1. The van der Waals surface area contributed by atoms with Gasteiger partial charge in [0.2, 0.25) is 0 Å². The third kappa shape index (κ3) is 5.72. The van der Waals surface area contributed by atoms with E-state index in [-0.39, 0.29) is 23.1 Å². The van der Waals surface area contributed by atoms with Gasteiger partial charge in [-0.1, -0.05) is 42.3 Å². The van der Waals surface area contributed by atoms with Crippen LogP contribution in [-0.2, 0) is 9.53 Å². The SMILES string of the molecule is CCCN1C(=O)NC(c2ccc(NC(=O)c3ccc(Cl)cc3Cl)cc2)C(C(=O)OC(C)C)=C1C. The molecule has 9 heteroatoms. The highest BCUT2D eigenvalue weighted by Gasteiger charge is 2.36. The Morgan fingerprint density at radius 1 is 1.15 bits per heavy atom. The second-order valence-corrected chi connectivity index (χ2v) is 9.03. The molecule has 0 radical (unpaired) electrons. The van der Waals surface area contributed by atoms with Gasteiger partial charge in [-0.25, -0.2) is 9.59 Å². The van der Waals surface area contributed by atoms with Gasteiger partial charge in [0.25, 0.3) is 5.91 Å². The van der Waals surface area contributed by atoms with E-state index in [2.05, 4.69) is 10.6 Å². The molecule has 0 aromatic heterocycles. The van der Waals surface area contributed by atoms with E-state index in [0.717, 1.165) is 6.42 Å². The highest BCUT2D eigenvalue weighted by molar-refractivity contribution is 6.37. The molecule has 0 aliphatic carbocycles. The molecular weight excluding hydrogens is 477 g/mol. The van der Waals surface area contributed by atoms with Crippen LogP contribution < -0.4 is 10.6 Å². The number of carbonyl (C=O) groups excluding carboxylic acids is 3.